The summed E-state index contributed by atoms with van der Waals surface area (Å²) in [7, 11) is -3.49. The summed E-state index contributed by atoms with van der Waals surface area (Å²) in [5.41, 5.74) is 25.4. The third-order valence-corrected chi connectivity index (χ3v) is 18.8. The Hall–Kier alpha value is -12.2. The number of sulfonamides is 1. The molecule has 3 aliphatic rings. The first-order valence-corrected chi connectivity index (χ1v) is 33.7. The van der Waals surface area contributed by atoms with Crippen molar-refractivity contribution >= 4 is 72.4 Å². The third kappa shape index (κ3) is 14.2. The van der Waals surface area contributed by atoms with Crippen LogP contribution in [0, 0.1) is 0 Å². The van der Waals surface area contributed by atoms with Crippen molar-refractivity contribution < 1.29 is 32.2 Å². The summed E-state index contributed by atoms with van der Waals surface area (Å²) in [6, 6.07) is 51.7. The van der Waals surface area contributed by atoms with Crippen LogP contribution in [0.4, 0.5) is 17.5 Å². The van der Waals surface area contributed by atoms with Crippen LogP contribution in [-0.2, 0) is 19.6 Å². The molecule has 0 aliphatic carbocycles. The first-order chi connectivity index (χ1) is 48.2. The molecular weight excluding hydrogens is 1270 g/mol. The number of carbonyl (C=O) groups is 2. The van der Waals surface area contributed by atoms with E-state index in [9.17, 15) is 18.0 Å². The maximum atomic E-state index is 12.3. The summed E-state index contributed by atoms with van der Waals surface area (Å²) in [6.07, 6.45) is 12.0. The van der Waals surface area contributed by atoms with Crippen LogP contribution in [0.5, 0.6) is 34.5 Å². The van der Waals surface area contributed by atoms with Crippen molar-refractivity contribution in [2.75, 3.05) is 56.5 Å². The highest BCUT2D eigenvalue weighted by Gasteiger charge is 2.35. The second-order valence-electron chi connectivity index (χ2n) is 23.6. The molecule has 2 atom stereocenters. The molecule has 500 valence electrons. The van der Waals surface area contributed by atoms with Crippen LogP contribution >= 0.6 is 0 Å². The maximum absolute atomic E-state index is 12.3. The Balaban J connectivity index is 0.000000133. The molecule has 26 heteroatoms. The molecule has 0 saturated carbocycles. The van der Waals surface area contributed by atoms with Crippen LogP contribution in [0.15, 0.2) is 220 Å². The summed E-state index contributed by atoms with van der Waals surface area (Å²) < 4.78 is 49.1. The highest BCUT2D eigenvalue weighted by atomic mass is 32.2. The Morgan fingerprint density at radius 1 is 0.444 bits per heavy atom. The number of hydrogen-bond donors (Lipinski definition) is 3. The molecule has 2 amide bonds. The number of likely N-dealkylation sites (tertiary alicyclic amines) is 2. The predicted molar refractivity (Wildman–Crippen MR) is 380 cm³/mol. The van der Waals surface area contributed by atoms with E-state index in [1.165, 1.54) is 29.4 Å². The van der Waals surface area contributed by atoms with Gasteiger partial charge >= 0.3 is 0 Å². The van der Waals surface area contributed by atoms with Crippen LogP contribution in [-0.4, -0.2) is 133 Å². The van der Waals surface area contributed by atoms with Gasteiger partial charge in [0.1, 0.15) is 88.0 Å². The van der Waals surface area contributed by atoms with E-state index in [1.807, 2.05) is 190 Å². The van der Waals surface area contributed by atoms with Crippen molar-refractivity contribution in [1.29, 1.82) is 0 Å². The lowest BCUT2D eigenvalue weighted by Gasteiger charge is -2.31. The second-order valence-corrected chi connectivity index (χ2v) is 25.4. The van der Waals surface area contributed by atoms with Gasteiger partial charge < -0.3 is 41.2 Å². The number of nitrogens with two attached hydrogens (primary N) is 3. The topological polar surface area (TPSA) is 315 Å². The molecule has 9 heterocycles. The average molecular weight is 1340 g/mol. The minimum atomic E-state index is -3.49. The van der Waals surface area contributed by atoms with E-state index in [-0.39, 0.29) is 29.9 Å². The number of hydrogen-bond acceptors (Lipinski definition) is 19. The number of para-hydroxylation sites is 3. The minimum Gasteiger partial charge on any atom is -0.457 e. The Morgan fingerprint density at radius 2 is 0.788 bits per heavy atom. The van der Waals surface area contributed by atoms with E-state index < -0.39 is 10.0 Å². The molecule has 0 bridgehead atoms. The van der Waals surface area contributed by atoms with Gasteiger partial charge in [-0.1, -0.05) is 73.8 Å². The molecule has 6 N–H and O–H groups in total. The summed E-state index contributed by atoms with van der Waals surface area (Å²) in [5, 5.41) is 17.7. The van der Waals surface area contributed by atoms with Crippen molar-refractivity contribution in [2.24, 2.45) is 0 Å². The fourth-order valence-corrected chi connectivity index (χ4v) is 13.3. The van der Waals surface area contributed by atoms with E-state index in [1.54, 1.807) is 16.8 Å². The smallest absolute Gasteiger partial charge is 0.246 e. The standard InChI is InChI=1S/2C25H24N6O2.C23H22N6O3S/c1-2-21(32)30-14-12-18(13-15-30)31-25-22(24(26)27-16-28-25)23(29-31)17-8-10-20(11-9-17)33-19-6-4-3-5-7-19;1-2-6-21(32)30-14-13-18(15-30)31-25-22(24(26)27-16-28-25)23(29-31)17-9-11-20(12-10-17)33-19-7-4-3-5-8-19;1-2-33(30,31)28-13-12-17(14-28)29-23-20(22(24)25-15-26-23)21(27-29)16-8-10-19(11-9-16)32-18-6-4-3-5-7-18/h2-11,16,18H,1,12-15H2,(H2,26,27,28);2-12,16,18H,13-15H2,1H3,(H2,26,27,28);2-11,15,17H,1,12-14H2,(H2,24,25,26)/b;6-2+;. The lowest BCUT2D eigenvalue weighted by molar-refractivity contribution is -0.127. The van der Waals surface area contributed by atoms with E-state index >= 15 is 0 Å². The van der Waals surface area contributed by atoms with E-state index in [0.29, 0.717) is 108 Å². The first-order valence-electron chi connectivity index (χ1n) is 32.2. The zero-order valence-corrected chi connectivity index (χ0v) is 54.9. The van der Waals surface area contributed by atoms with Gasteiger partial charge in [-0.3, -0.25) is 9.59 Å². The van der Waals surface area contributed by atoms with Gasteiger partial charge in [-0.05, 0) is 154 Å². The zero-order valence-electron chi connectivity index (χ0n) is 54.1. The molecule has 3 aliphatic heterocycles. The number of nitrogens with zero attached hydrogens (tertiary/aromatic N) is 15. The number of fused-ring (bicyclic) bond motifs is 3. The normalized spacial score (nSPS) is 15.7. The molecule has 0 radical (unpaired) electrons. The largest absolute Gasteiger partial charge is 0.457 e. The van der Waals surface area contributed by atoms with E-state index in [4.69, 9.17) is 46.7 Å². The lowest BCUT2D eigenvalue weighted by atomic mass is 10.1. The molecular formula is C73H70N18O7S. The highest BCUT2D eigenvalue weighted by molar-refractivity contribution is 7.92. The van der Waals surface area contributed by atoms with Gasteiger partial charge in [0.05, 0.1) is 34.3 Å². The van der Waals surface area contributed by atoms with Gasteiger partial charge in [-0.2, -0.15) is 19.6 Å². The number of allylic oxidation sites excluding steroid dienone is 1. The third-order valence-electron chi connectivity index (χ3n) is 17.3. The monoisotopic (exact) mass is 1340 g/mol. The van der Waals surface area contributed by atoms with Gasteiger partial charge in [-0.15, -0.1) is 0 Å². The number of ether oxygens (including phenoxy) is 3. The zero-order chi connectivity index (χ0) is 68.6. The van der Waals surface area contributed by atoms with Gasteiger partial charge in [0.2, 0.25) is 21.8 Å². The Labute approximate surface area is 570 Å². The van der Waals surface area contributed by atoms with Crippen molar-refractivity contribution in [1.82, 2.24) is 73.4 Å². The second kappa shape index (κ2) is 29.0. The summed E-state index contributed by atoms with van der Waals surface area (Å²) >= 11 is 0. The van der Waals surface area contributed by atoms with Gasteiger partial charge in [0.15, 0.2) is 16.9 Å². The van der Waals surface area contributed by atoms with E-state index in [2.05, 4.69) is 43.1 Å². The summed E-state index contributed by atoms with van der Waals surface area (Å²) in [4.78, 5) is 53.8. The average Bonchev–Trinajstić information content (AvgIpc) is 1.62. The molecule has 3 fully saturated rings. The molecule has 99 heavy (non-hydrogen) atoms. The molecule has 12 aromatic rings. The van der Waals surface area contributed by atoms with Crippen LogP contribution in [0.2, 0.25) is 0 Å². The van der Waals surface area contributed by atoms with Crippen molar-refractivity contribution in [3.05, 3.63) is 220 Å². The molecule has 6 aromatic carbocycles. The SMILES string of the molecule is C/C=C/C(=O)N1CCC(n2nc(-c3ccc(Oc4ccccc4)cc3)c3c(N)ncnc32)C1.C=CC(=O)N1CCC(n2nc(-c3ccc(Oc4ccccc4)cc3)c3c(N)ncnc32)CC1.C=CS(=O)(=O)N1CCC(n2nc(-c3ccc(Oc4ccccc4)cc3)c3c(N)ncnc32)C1. The van der Waals surface area contributed by atoms with Crippen LogP contribution in [0.3, 0.4) is 0 Å². The highest BCUT2D eigenvalue weighted by Crippen LogP contribution is 2.39. The fraction of sp³-hybridized carbons (Fsp3) is 0.192. The van der Waals surface area contributed by atoms with Crippen molar-refractivity contribution in [2.45, 2.75) is 50.7 Å². The van der Waals surface area contributed by atoms with Gasteiger partial charge in [-0.25, -0.2) is 52.4 Å². The number of nitrogen functional groups attached to an aromatic ring is 3. The van der Waals surface area contributed by atoms with E-state index in [0.717, 1.165) is 81.2 Å². The number of amides is 2. The van der Waals surface area contributed by atoms with Crippen LogP contribution in [0.25, 0.3) is 66.9 Å². The van der Waals surface area contributed by atoms with Crippen molar-refractivity contribution in [3.63, 3.8) is 0 Å². The number of piperidine rings is 1. The summed E-state index contributed by atoms with van der Waals surface area (Å²) in [5.74, 6) is 5.52. The number of benzene rings is 6. The fourth-order valence-electron chi connectivity index (χ4n) is 12.4. The predicted octanol–water partition coefficient (Wildman–Crippen LogP) is 12.0. The Morgan fingerprint density at radius 3 is 1.16 bits per heavy atom. The molecule has 6 aromatic heterocycles. The summed E-state index contributed by atoms with van der Waals surface area (Å²) in [6.45, 7) is 12.1. The van der Waals surface area contributed by atoms with Crippen LogP contribution < -0.4 is 31.4 Å². The van der Waals surface area contributed by atoms with Gasteiger partial charge in [0, 0.05) is 61.4 Å². The quantitative estimate of drug-likeness (QED) is 0.0757. The lowest BCUT2D eigenvalue weighted by Crippen LogP contribution is -2.38. The minimum absolute atomic E-state index is 0.0137. The Kier molecular flexibility index (Phi) is 19.2. The first kappa shape index (κ1) is 65.5. The van der Waals surface area contributed by atoms with Crippen molar-refractivity contribution in [3.8, 4) is 68.3 Å². The molecule has 0 spiro atoms. The Bertz CT molecular complexity index is 5030. The molecule has 25 nitrogen and oxygen atoms in total. The number of carbonyl (C=O) groups excluding carboxylic acids is 2. The molecule has 3 saturated heterocycles. The maximum Gasteiger partial charge on any atom is 0.246 e. The molecule has 2 unspecified atom stereocenters. The van der Waals surface area contributed by atoms with Gasteiger partial charge in [0.25, 0.3) is 0 Å². The van der Waals surface area contributed by atoms with Crippen LogP contribution in [0.1, 0.15) is 50.7 Å². The molecule has 15 rings (SSSR count). The number of anilines is 3. The number of rotatable bonds is 16. The number of aromatic nitrogens is 12.